The number of aromatic nitrogens is 3. The normalized spacial score (nSPS) is 12.0. The van der Waals surface area contributed by atoms with Gasteiger partial charge < -0.3 is 5.32 Å². The Labute approximate surface area is 112 Å². The van der Waals surface area contributed by atoms with E-state index in [9.17, 15) is 0 Å². The van der Waals surface area contributed by atoms with Gasteiger partial charge >= 0.3 is 0 Å². The first-order valence-electron chi connectivity index (χ1n) is 6.08. The molecule has 2 rings (SSSR count). The minimum Gasteiger partial charge on any atom is -0.307 e. The fourth-order valence-electron chi connectivity index (χ4n) is 1.63. The minimum atomic E-state index is 0.145. The maximum Gasteiger partial charge on any atom is 0.0982 e. The smallest absolute Gasteiger partial charge is 0.0982 e. The van der Waals surface area contributed by atoms with Crippen LogP contribution in [0.15, 0.2) is 17.8 Å². The van der Waals surface area contributed by atoms with Crippen molar-refractivity contribution in [3.8, 4) is 0 Å². The van der Waals surface area contributed by atoms with E-state index in [0.717, 1.165) is 18.8 Å². The monoisotopic (exact) mass is 264 g/mol. The van der Waals surface area contributed by atoms with Gasteiger partial charge in [0.2, 0.25) is 0 Å². The summed E-state index contributed by atoms with van der Waals surface area (Å²) in [6, 6.07) is 0. The molecule has 0 aliphatic rings. The quantitative estimate of drug-likeness (QED) is 0.922. The molecule has 98 valence electrons. The van der Waals surface area contributed by atoms with Gasteiger partial charge in [-0.15, -0.1) is 11.3 Å². The van der Waals surface area contributed by atoms with E-state index in [0.29, 0.717) is 0 Å². The van der Waals surface area contributed by atoms with Crippen molar-refractivity contribution < 1.29 is 0 Å². The Hall–Kier alpha value is -1.20. The summed E-state index contributed by atoms with van der Waals surface area (Å²) in [5.41, 5.74) is 2.46. The molecular formula is C13H20N4S. The van der Waals surface area contributed by atoms with Gasteiger partial charge in [0.1, 0.15) is 0 Å². The third-order valence-electron chi connectivity index (χ3n) is 2.59. The standard InChI is InChI=1S/C13H20N4S/c1-13(2,3)12-16-11(9-18-12)7-14-5-10-6-15-17(4)8-10/h6,8-9,14H,5,7H2,1-4H3. The van der Waals surface area contributed by atoms with E-state index in [1.165, 1.54) is 10.6 Å². The zero-order chi connectivity index (χ0) is 13.2. The van der Waals surface area contributed by atoms with Crippen LogP contribution in [0.2, 0.25) is 0 Å². The van der Waals surface area contributed by atoms with Crippen LogP contribution in [0.5, 0.6) is 0 Å². The summed E-state index contributed by atoms with van der Waals surface area (Å²) in [5.74, 6) is 0. The molecule has 2 aromatic rings. The average molecular weight is 264 g/mol. The average Bonchev–Trinajstić information content (AvgIpc) is 2.87. The molecule has 18 heavy (non-hydrogen) atoms. The lowest BCUT2D eigenvalue weighted by Gasteiger charge is -2.13. The number of hydrogen-bond acceptors (Lipinski definition) is 4. The molecule has 2 aromatic heterocycles. The lowest BCUT2D eigenvalue weighted by Crippen LogP contribution is -2.14. The summed E-state index contributed by atoms with van der Waals surface area (Å²) < 4.78 is 1.82. The molecular weight excluding hydrogens is 244 g/mol. The van der Waals surface area contributed by atoms with E-state index < -0.39 is 0 Å². The molecule has 0 spiro atoms. The van der Waals surface area contributed by atoms with E-state index in [4.69, 9.17) is 0 Å². The van der Waals surface area contributed by atoms with Gasteiger partial charge in [-0.1, -0.05) is 20.8 Å². The van der Waals surface area contributed by atoms with Crippen molar-refractivity contribution in [2.24, 2.45) is 7.05 Å². The molecule has 5 heteroatoms. The predicted molar refractivity (Wildman–Crippen MR) is 74.6 cm³/mol. The van der Waals surface area contributed by atoms with Crippen molar-refractivity contribution in [2.75, 3.05) is 0 Å². The first-order chi connectivity index (χ1) is 8.45. The SMILES string of the molecule is Cn1cc(CNCc2csc(C(C)(C)C)n2)cn1. The summed E-state index contributed by atoms with van der Waals surface area (Å²) in [5, 5.41) is 10.9. The molecule has 0 amide bonds. The van der Waals surface area contributed by atoms with Crippen molar-refractivity contribution in [3.63, 3.8) is 0 Å². The van der Waals surface area contributed by atoms with Crippen molar-refractivity contribution in [2.45, 2.75) is 39.3 Å². The second-order valence-corrected chi connectivity index (χ2v) is 6.38. The van der Waals surface area contributed by atoms with E-state index >= 15 is 0 Å². The molecule has 0 saturated heterocycles. The number of thiazole rings is 1. The maximum atomic E-state index is 4.65. The van der Waals surface area contributed by atoms with Gasteiger partial charge in [0.25, 0.3) is 0 Å². The Morgan fingerprint density at radius 2 is 2.11 bits per heavy atom. The Morgan fingerprint density at radius 3 is 2.67 bits per heavy atom. The molecule has 0 radical (unpaired) electrons. The largest absolute Gasteiger partial charge is 0.307 e. The molecule has 0 atom stereocenters. The molecule has 0 fully saturated rings. The molecule has 4 nitrogen and oxygen atoms in total. The maximum absolute atomic E-state index is 4.65. The Balaban J connectivity index is 1.85. The molecule has 0 bridgehead atoms. The Morgan fingerprint density at radius 1 is 1.33 bits per heavy atom. The van der Waals surface area contributed by atoms with Crippen LogP contribution < -0.4 is 5.32 Å². The van der Waals surface area contributed by atoms with E-state index in [1.807, 2.05) is 24.1 Å². The van der Waals surface area contributed by atoms with Crippen LogP contribution in [0.25, 0.3) is 0 Å². The highest BCUT2D eigenvalue weighted by atomic mass is 32.1. The van der Waals surface area contributed by atoms with Gasteiger partial charge in [0.05, 0.1) is 16.9 Å². The zero-order valence-corrected chi connectivity index (χ0v) is 12.2. The number of nitrogens with zero attached hydrogens (tertiary/aromatic N) is 3. The van der Waals surface area contributed by atoms with E-state index in [2.05, 4.69) is 41.6 Å². The number of aryl methyl sites for hydroxylation is 1. The number of nitrogens with one attached hydrogen (secondary N) is 1. The Kier molecular flexibility index (Phi) is 3.82. The van der Waals surface area contributed by atoms with Gasteiger partial charge in [-0.2, -0.15) is 5.10 Å². The highest BCUT2D eigenvalue weighted by molar-refractivity contribution is 7.09. The first kappa shape index (κ1) is 13.2. The van der Waals surface area contributed by atoms with Gasteiger partial charge in [-0.3, -0.25) is 4.68 Å². The van der Waals surface area contributed by atoms with Gasteiger partial charge in [0.15, 0.2) is 0 Å². The third kappa shape index (κ3) is 3.40. The summed E-state index contributed by atoms with van der Waals surface area (Å²) in [6.07, 6.45) is 3.91. The van der Waals surface area contributed by atoms with Crippen LogP contribution in [0.4, 0.5) is 0 Å². The van der Waals surface area contributed by atoms with Crippen LogP contribution >= 0.6 is 11.3 Å². The fourth-order valence-corrected chi connectivity index (χ4v) is 2.54. The van der Waals surface area contributed by atoms with E-state index in [1.54, 1.807) is 11.3 Å². The lowest BCUT2D eigenvalue weighted by molar-refractivity contribution is 0.579. The summed E-state index contributed by atoms with van der Waals surface area (Å²) in [6.45, 7) is 8.22. The van der Waals surface area contributed by atoms with Gasteiger partial charge in [-0.05, 0) is 0 Å². The number of rotatable bonds is 4. The lowest BCUT2D eigenvalue weighted by atomic mass is 9.98. The summed E-state index contributed by atoms with van der Waals surface area (Å²) in [7, 11) is 1.93. The molecule has 0 aromatic carbocycles. The molecule has 0 saturated carbocycles. The van der Waals surface area contributed by atoms with Crippen molar-refractivity contribution in [3.05, 3.63) is 34.0 Å². The highest BCUT2D eigenvalue weighted by Gasteiger charge is 2.17. The fraction of sp³-hybridized carbons (Fsp3) is 0.538. The first-order valence-corrected chi connectivity index (χ1v) is 6.96. The van der Waals surface area contributed by atoms with Crippen LogP contribution in [0, 0.1) is 0 Å². The molecule has 0 unspecified atom stereocenters. The van der Waals surface area contributed by atoms with Crippen molar-refractivity contribution in [1.29, 1.82) is 0 Å². The molecule has 2 heterocycles. The third-order valence-corrected chi connectivity index (χ3v) is 3.90. The highest BCUT2D eigenvalue weighted by Crippen LogP contribution is 2.25. The Bertz CT molecular complexity index is 507. The van der Waals surface area contributed by atoms with Gasteiger partial charge in [-0.25, -0.2) is 4.98 Å². The molecule has 1 N–H and O–H groups in total. The minimum absolute atomic E-state index is 0.145. The van der Waals surface area contributed by atoms with Gasteiger partial charge in [0, 0.05) is 42.7 Å². The second-order valence-electron chi connectivity index (χ2n) is 5.52. The number of hydrogen-bond donors (Lipinski definition) is 1. The van der Waals surface area contributed by atoms with E-state index in [-0.39, 0.29) is 5.41 Å². The topological polar surface area (TPSA) is 42.7 Å². The van der Waals surface area contributed by atoms with Crippen molar-refractivity contribution >= 4 is 11.3 Å². The summed E-state index contributed by atoms with van der Waals surface area (Å²) >= 11 is 1.74. The van der Waals surface area contributed by atoms with Crippen molar-refractivity contribution in [1.82, 2.24) is 20.1 Å². The van der Waals surface area contributed by atoms with Crippen LogP contribution in [-0.2, 0) is 25.6 Å². The van der Waals surface area contributed by atoms with Crippen LogP contribution in [0.3, 0.4) is 0 Å². The van der Waals surface area contributed by atoms with Crippen LogP contribution in [0.1, 0.15) is 37.0 Å². The second kappa shape index (κ2) is 5.20. The summed E-state index contributed by atoms with van der Waals surface area (Å²) in [4.78, 5) is 4.65. The van der Waals surface area contributed by atoms with Crippen LogP contribution in [-0.4, -0.2) is 14.8 Å². The molecule has 0 aliphatic heterocycles. The predicted octanol–water partition coefficient (Wildman–Crippen LogP) is 2.46. The molecule has 0 aliphatic carbocycles. The zero-order valence-electron chi connectivity index (χ0n) is 11.4.